The molecule has 0 radical (unpaired) electrons. The Hall–Kier alpha value is -1.20. The molecule has 0 unspecified atom stereocenters. The lowest BCUT2D eigenvalue weighted by Crippen LogP contribution is -2.49. The number of nitrogens with zero attached hydrogens (tertiary/aromatic N) is 3. The van der Waals surface area contributed by atoms with E-state index in [2.05, 4.69) is 33.9 Å². The van der Waals surface area contributed by atoms with Crippen LogP contribution in [0.4, 0.5) is 10.2 Å². The molecule has 1 N–H and O–H groups in total. The summed E-state index contributed by atoms with van der Waals surface area (Å²) in [5.41, 5.74) is 0.931. The molecule has 0 aliphatic carbocycles. The normalized spacial score (nSPS) is 17.2. The average molecular weight is 266 g/mol. The lowest BCUT2D eigenvalue weighted by atomic mass is 10.2. The smallest absolute Gasteiger partial charge is 0.141 e. The Morgan fingerprint density at radius 3 is 2.58 bits per heavy atom. The van der Waals surface area contributed by atoms with Crippen LogP contribution in [0.2, 0.25) is 0 Å². The summed E-state index contributed by atoms with van der Waals surface area (Å²) in [5.74, 6) is 0.647. The zero-order chi connectivity index (χ0) is 13.8. The third-order valence-electron chi connectivity index (χ3n) is 3.62. The molecule has 1 aromatic rings. The van der Waals surface area contributed by atoms with Gasteiger partial charge in [-0.05, 0) is 27.0 Å². The van der Waals surface area contributed by atoms with Crippen molar-refractivity contribution in [1.82, 2.24) is 15.2 Å². The molecule has 5 heteroatoms. The summed E-state index contributed by atoms with van der Waals surface area (Å²) in [6, 6.07) is 2.16. The van der Waals surface area contributed by atoms with E-state index in [0.29, 0.717) is 12.6 Å². The summed E-state index contributed by atoms with van der Waals surface area (Å²) in [7, 11) is 1.87. The van der Waals surface area contributed by atoms with Gasteiger partial charge in [-0.1, -0.05) is 0 Å². The van der Waals surface area contributed by atoms with Crippen molar-refractivity contribution in [2.75, 3.05) is 38.1 Å². The van der Waals surface area contributed by atoms with Gasteiger partial charge in [-0.25, -0.2) is 9.37 Å². The third-order valence-corrected chi connectivity index (χ3v) is 3.62. The SMILES string of the molecule is CNCc1cc(F)cnc1N1CCN(C(C)C)CC1. The molecule has 0 atom stereocenters. The van der Waals surface area contributed by atoms with Gasteiger partial charge in [0.15, 0.2) is 0 Å². The Bertz CT molecular complexity index is 414. The third kappa shape index (κ3) is 3.42. The number of hydrogen-bond acceptors (Lipinski definition) is 4. The van der Waals surface area contributed by atoms with Crippen molar-refractivity contribution < 1.29 is 4.39 Å². The maximum atomic E-state index is 13.3. The van der Waals surface area contributed by atoms with Crippen molar-refractivity contribution >= 4 is 5.82 Å². The van der Waals surface area contributed by atoms with Crippen molar-refractivity contribution in [2.24, 2.45) is 0 Å². The Morgan fingerprint density at radius 2 is 2.00 bits per heavy atom. The first-order valence-corrected chi connectivity index (χ1v) is 6.90. The van der Waals surface area contributed by atoms with Gasteiger partial charge in [-0.2, -0.15) is 0 Å². The second-order valence-electron chi connectivity index (χ2n) is 5.28. The summed E-state index contributed by atoms with van der Waals surface area (Å²) in [5, 5.41) is 3.07. The van der Waals surface area contributed by atoms with E-state index in [1.807, 2.05) is 7.05 Å². The van der Waals surface area contributed by atoms with Gasteiger partial charge in [0, 0.05) is 44.3 Å². The molecule has 0 aromatic carbocycles. The standard InChI is InChI=1S/C14H23FN4/c1-11(2)18-4-6-19(7-5-18)14-12(9-16-3)8-13(15)10-17-14/h8,10-11,16H,4-7,9H2,1-3H3. The van der Waals surface area contributed by atoms with Crippen LogP contribution in [0.3, 0.4) is 0 Å². The molecule has 0 amide bonds. The second-order valence-corrected chi connectivity index (χ2v) is 5.28. The van der Waals surface area contributed by atoms with Gasteiger partial charge in [-0.15, -0.1) is 0 Å². The molecule has 0 spiro atoms. The van der Waals surface area contributed by atoms with Gasteiger partial charge >= 0.3 is 0 Å². The van der Waals surface area contributed by atoms with E-state index in [9.17, 15) is 4.39 Å². The summed E-state index contributed by atoms with van der Waals surface area (Å²) in [6.07, 6.45) is 1.31. The molecular weight excluding hydrogens is 243 g/mol. The fraction of sp³-hybridized carbons (Fsp3) is 0.643. The zero-order valence-corrected chi connectivity index (χ0v) is 12.0. The number of anilines is 1. The lowest BCUT2D eigenvalue weighted by molar-refractivity contribution is 0.209. The highest BCUT2D eigenvalue weighted by Crippen LogP contribution is 2.20. The van der Waals surface area contributed by atoms with E-state index in [0.717, 1.165) is 37.6 Å². The van der Waals surface area contributed by atoms with E-state index in [1.165, 1.54) is 6.20 Å². The van der Waals surface area contributed by atoms with Crippen molar-refractivity contribution in [3.63, 3.8) is 0 Å². The van der Waals surface area contributed by atoms with E-state index >= 15 is 0 Å². The average Bonchev–Trinajstić information content (AvgIpc) is 2.39. The topological polar surface area (TPSA) is 31.4 Å². The Balaban J connectivity index is 2.10. The molecule has 0 bridgehead atoms. The first kappa shape index (κ1) is 14.2. The van der Waals surface area contributed by atoms with Gasteiger partial charge < -0.3 is 10.2 Å². The molecule has 1 saturated heterocycles. The van der Waals surface area contributed by atoms with Crippen LogP contribution >= 0.6 is 0 Å². The number of halogens is 1. The predicted molar refractivity (Wildman–Crippen MR) is 75.9 cm³/mol. The molecule has 19 heavy (non-hydrogen) atoms. The first-order valence-electron chi connectivity index (χ1n) is 6.90. The zero-order valence-electron chi connectivity index (χ0n) is 12.0. The Kier molecular flexibility index (Phi) is 4.71. The molecule has 1 aromatic heterocycles. The monoisotopic (exact) mass is 266 g/mol. The van der Waals surface area contributed by atoms with Gasteiger partial charge in [0.1, 0.15) is 11.6 Å². The minimum Gasteiger partial charge on any atom is -0.354 e. The molecular formula is C14H23FN4. The molecule has 2 rings (SSSR count). The summed E-state index contributed by atoms with van der Waals surface area (Å²) < 4.78 is 13.3. The van der Waals surface area contributed by atoms with Gasteiger partial charge in [0.25, 0.3) is 0 Å². The maximum Gasteiger partial charge on any atom is 0.141 e. The maximum absolute atomic E-state index is 13.3. The summed E-state index contributed by atoms with van der Waals surface area (Å²) >= 11 is 0. The Labute approximate surface area is 114 Å². The van der Waals surface area contributed by atoms with Gasteiger partial charge in [-0.3, -0.25) is 4.90 Å². The molecule has 106 valence electrons. The van der Waals surface area contributed by atoms with Crippen molar-refractivity contribution in [3.8, 4) is 0 Å². The van der Waals surface area contributed by atoms with Crippen LogP contribution in [0.1, 0.15) is 19.4 Å². The van der Waals surface area contributed by atoms with Crippen LogP contribution in [0.5, 0.6) is 0 Å². The molecule has 4 nitrogen and oxygen atoms in total. The Morgan fingerprint density at radius 1 is 1.32 bits per heavy atom. The number of hydrogen-bond donors (Lipinski definition) is 1. The summed E-state index contributed by atoms with van der Waals surface area (Å²) in [4.78, 5) is 8.99. The number of nitrogens with one attached hydrogen (secondary N) is 1. The predicted octanol–water partition coefficient (Wildman–Crippen LogP) is 1.47. The van der Waals surface area contributed by atoms with Crippen molar-refractivity contribution in [1.29, 1.82) is 0 Å². The van der Waals surface area contributed by atoms with Crippen LogP contribution in [0.25, 0.3) is 0 Å². The quantitative estimate of drug-likeness (QED) is 0.894. The van der Waals surface area contributed by atoms with Crippen LogP contribution in [0.15, 0.2) is 12.3 Å². The van der Waals surface area contributed by atoms with Gasteiger partial charge in [0.05, 0.1) is 6.20 Å². The first-order chi connectivity index (χ1) is 9.11. The number of rotatable bonds is 4. The van der Waals surface area contributed by atoms with Crippen LogP contribution in [0, 0.1) is 5.82 Å². The van der Waals surface area contributed by atoms with Crippen LogP contribution in [-0.2, 0) is 6.54 Å². The number of pyridine rings is 1. The van der Waals surface area contributed by atoms with Crippen LogP contribution < -0.4 is 10.2 Å². The lowest BCUT2D eigenvalue weighted by Gasteiger charge is -2.38. The summed E-state index contributed by atoms with van der Waals surface area (Å²) in [6.45, 7) is 9.06. The second kappa shape index (κ2) is 6.30. The number of aromatic nitrogens is 1. The fourth-order valence-electron chi connectivity index (χ4n) is 2.53. The van der Waals surface area contributed by atoms with E-state index in [4.69, 9.17) is 0 Å². The van der Waals surface area contributed by atoms with E-state index in [1.54, 1.807) is 6.07 Å². The van der Waals surface area contributed by atoms with Crippen molar-refractivity contribution in [2.45, 2.75) is 26.4 Å². The van der Waals surface area contributed by atoms with Gasteiger partial charge in [0.2, 0.25) is 0 Å². The highest BCUT2D eigenvalue weighted by molar-refractivity contribution is 5.47. The minimum atomic E-state index is -0.269. The van der Waals surface area contributed by atoms with E-state index in [-0.39, 0.29) is 5.82 Å². The minimum absolute atomic E-state index is 0.269. The molecule has 0 saturated carbocycles. The highest BCUT2D eigenvalue weighted by Gasteiger charge is 2.21. The molecule has 2 heterocycles. The molecule has 1 fully saturated rings. The largest absolute Gasteiger partial charge is 0.354 e. The highest BCUT2D eigenvalue weighted by atomic mass is 19.1. The number of piperazine rings is 1. The molecule has 1 aliphatic rings. The van der Waals surface area contributed by atoms with E-state index < -0.39 is 0 Å². The fourth-order valence-corrected chi connectivity index (χ4v) is 2.53. The van der Waals surface area contributed by atoms with Crippen molar-refractivity contribution in [3.05, 3.63) is 23.6 Å². The van der Waals surface area contributed by atoms with Crippen LogP contribution in [-0.4, -0.2) is 49.2 Å². The molecule has 1 aliphatic heterocycles.